The summed E-state index contributed by atoms with van der Waals surface area (Å²) in [4.78, 5) is 0. The Morgan fingerprint density at radius 3 is 2.26 bits per heavy atom. The van der Waals surface area contributed by atoms with E-state index < -0.39 is 5.41 Å². The molecule has 1 aliphatic carbocycles. The van der Waals surface area contributed by atoms with Gasteiger partial charge < -0.3 is 0 Å². The molecular weight excluding hydrogens is 236 g/mol. The molecule has 0 aromatic heterocycles. The van der Waals surface area contributed by atoms with Gasteiger partial charge in [-0.1, -0.05) is 26.0 Å². The van der Waals surface area contributed by atoms with E-state index in [-0.39, 0.29) is 17.9 Å². The first-order chi connectivity index (χ1) is 9.04. The van der Waals surface area contributed by atoms with Gasteiger partial charge in [0.2, 0.25) is 0 Å². The van der Waals surface area contributed by atoms with Crippen molar-refractivity contribution in [3.05, 3.63) is 34.9 Å². The van der Waals surface area contributed by atoms with Gasteiger partial charge in [0.15, 0.2) is 0 Å². The molecule has 19 heavy (non-hydrogen) atoms. The van der Waals surface area contributed by atoms with Gasteiger partial charge in [0.1, 0.15) is 23.1 Å². The molecule has 1 atom stereocenters. The first kappa shape index (κ1) is 14.2. The number of allylic oxidation sites excluding steroid dienone is 6. The smallest absolute Gasteiger partial charge is 0.131 e. The van der Waals surface area contributed by atoms with E-state index in [1.807, 2.05) is 32.1 Å². The minimum absolute atomic E-state index is 0.0413. The van der Waals surface area contributed by atoms with Crippen molar-refractivity contribution in [3.8, 4) is 24.3 Å². The Morgan fingerprint density at radius 2 is 1.84 bits per heavy atom. The third-order valence-electron chi connectivity index (χ3n) is 3.04. The molecule has 1 unspecified atom stereocenters. The summed E-state index contributed by atoms with van der Waals surface area (Å²) < 4.78 is 0. The molecule has 0 amide bonds. The molecule has 0 spiro atoms. The molecule has 0 N–H and O–H groups in total. The van der Waals surface area contributed by atoms with E-state index in [4.69, 9.17) is 15.8 Å². The molecule has 0 radical (unpaired) electrons. The standard InChI is InChI=1S/C15H12N4/c1-11(2)14(13(8-17)9-18)15(10-19)5-3-4-12(6-15)7-16/h3-5,11H,6H2,1-2H3. The Bertz CT molecular complexity index is 620. The summed E-state index contributed by atoms with van der Waals surface area (Å²) in [6.45, 7) is 3.67. The molecule has 92 valence electrons. The fourth-order valence-corrected chi connectivity index (χ4v) is 2.32. The van der Waals surface area contributed by atoms with Gasteiger partial charge in [-0.25, -0.2) is 0 Å². The third kappa shape index (κ3) is 2.55. The number of nitrogens with zero attached hydrogens (tertiary/aromatic N) is 4. The Kier molecular flexibility index (Phi) is 4.26. The van der Waals surface area contributed by atoms with Crippen LogP contribution in [0.3, 0.4) is 0 Å². The van der Waals surface area contributed by atoms with Crippen molar-refractivity contribution in [3.63, 3.8) is 0 Å². The fraction of sp³-hybridized carbons (Fsp3) is 0.333. The zero-order valence-corrected chi connectivity index (χ0v) is 10.8. The lowest BCUT2D eigenvalue weighted by atomic mass is 9.69. The minimum atomic E-state index is -1.07. The first-order valence-corrected chi connectivity index (χ1v) is 5.79. The highest BCUT2D eigenvalue weighted by Gasteiger charge is 2.38. The summed E-state index contributed by atoms with van der Waals surface area (Å²) >= 11 is 0. The molecule has 0 aromatic carbocycles. The zero-order chi connectivity index (χ0) is 14.5. The Labute approximate surface area is 112 Å². The maximum atomic E-state index is 9.52. The summed E-state index contributed by atoms with van der Waals surface area (Å²) in [6, 6.07) is 7.91. The molecule has 0 fully saturated rings. The summed E-state index contributed by atoms with van der Waals surface area (Å²) in [5.41, 5.74) is -0.163. The van der Waals surface area contributed by atoms with Gasteiger partial charge in [-0.2, -0.15) is 21.0 Å². The van der Waals surface area contributed by atoms with Crippen LogP contribution in [0.2, 0.25) is 0 Å². The average molecular weight is 248 g/mol. The molecule has 0 saturated heterocycles. The number of hydrogen-bond acceptors (Lipinski definition) is 4. The van der Waals surface area contributed by atoms with Crippen molar-refractivity contribution >= 4 is 0 Å². The molecular formula is C15H12N4. The highest BCUT2D eigenvalue weighted by atomic mass is 14.4. The molecule has 0 aliphatic heterocycles. The normalized spacial score (nSPS) is 20.5. The third-order valence-corrected chi connectivity index (χ3v) is 3.04. The molecule has 4 nitrogen and oxygen atoms in total. The number of rotatable bonds is 2. The Morgan fingerprint density at radius 1 is 1.21 bits per heavy atom. The molecule has 0 heterocycles. The second-order valence-electron chi connectivity index (χ2n) is 4.59. The quantitative estimate of drug-likeness (QED) is 0.702. The molecule has 0 bridgehead atoms. The van der Waals surface area contributed by atoms with Gasteiger partial charge >= 0.3 is 0 Å². The van der Waals surface area contributed by atoms with E-state index in [9.17, 15) is 5.26 Å². The summed E-state index contributed by atoms with van der Waals surface area (Å²) in [7, 11) is 0. The van der Waals surface area contributed by atoms with Crippen LogP contribution in [0.5, 0.6) is 0 Å². The topological polar surface area (TPSA) is 95.2 Å². The summed E-state index contributed by atoms with van der Waals surface area (Å²) in [5.74, 6) is -0.128. The van der Waals surface area contributed by atoms with Crippen LogP contribution in [0.25, 0.3) is 0 Å². The molecule has 0 saturated carbocycles. The maximum Gasteiger partial charge on any atom is 0.131 e. The van der Waals surface area contributed by atoms with E-state index in [0.717, 1.165) is 0 Å². The van der Waals surface area contributed by atoms with Gasteiger partial charge in [-0.3, -0.25) is 0 Å². The van der Waals surface area contributed by atoms with Crippen molar-refractivity contribution in [2.24, 2.45) is 11.3 Å². The van der Waals surface area contributed by atoms with E-state index in [0.29, 0.717) is 11.1 Å². The lowest BCUT2D eigenvalue weighted by Gasteiger charge is -2.30. The minimum Gasteiger partial charge on any atom is -0.197 e. The van der Waals surface area contributed by atoms with Crippen LogP contribution in [0.4, 0.5) is 0 Å². The van der Waals surface area contributed by atoms with E-state index in [2.05, 4.69) is 6.07 Å². The number of nitriles is 4. The molecule has 4 heteroatoms. The highest BCUT2D eigenvalue weighted by Crippen LogP contribution is 2.42. The van der Waals surface area contributed by atoms with Gasteiger partial charge in [0, 0.05) is 12.0 Å². The Hall–Kier alpha value is -2.82. The van der Waals surface area contributed by atoms with E-state index >= 15 is 0 Å². The zero-order valence-electron chi connectivity index (χ0n) is 10.8. The largest absolute Gasteiger partial charge is 0.197 e. The van der Waals surface area contributed by atoms with E-state index in [1.165, 1.54) is 0 Å². The lowest BCUT2D eigenvalue weighted by Crippen LogP contribution is -2.25. The predicted molar refractivity (Wildman–Crippen MR) is 68.6 cm³/mol. The van der Waals surface area contributed by atoms with Gasteiger partial charge in [0.05, 0.1) is 12.1 Å². The number of hydrogen-bond donors (Lipinski definition) is 0. The van der Waals surface area contributed by atoms with Gasteiger partial charge in [-0.05, 0) is 17.6 Å². The van der Waals surface area contributed by atoms with Crippen molar-refractivity contribution in [1.29, 1.82) is 21.0 Å². The SMILES string of the molecule is CC(C)C(=C(C#N)C#N)C1(C#N)C=CC=C(C#N)C1. The van der Waals surface area contributed by atoms with Crippen LogP contribution in [-0.2, 0) is 0 Å². The van der Waals surface area contributed by atoms with Crippen LogP contribution in [0.15, 0.2) is 34.9 Å². The van der Waals surface area contributed by atoms with E-state index in [1.54, 1.807) is 18.2 Å². The summed E-state index contributed by atoms with van der Waals surface area (Å²) in [5, 5.41) is 36.6. The van der Waals surface area contributed by atoms with Crippen LogP contribution < -0.4 is 0 Å². The monoisotopic (exact) mass is 248 g/mol. The second-order valence-corrected chi connectivity index (χ2v) is 4.59. The van der Waals surface area contributed by atoms with Crippen LogP contribution >= 0.6 is 0 Å². The van der Waals surface area contributed by atoms with Crippen molar-refractivity contribution in [2.75, 3.05) is 0 Å². The summed E-state index contributed by atoms with van der Waals surface area (Å²) in [6.07, 6.45) is 5.15. The maximum absolute atomic E-state index is 9.52. The first-order valence-electron chi connectivity index (χ1n) is 5.79. The van der Waals surface area contributed by atoms with Crippen LogP contribution in [0.1, 0.15) is 20.3 Å². The van der Waals surface area contributed by atoms with Crippen molar-refractivity contribution in [1.82, 2.24) is 0 Å². The van der Waals surface area contributed by atoms with Crippen molar-refractivity contribution in [2.45, 2.75) is 20.3 Å². The van der Waals surface area contributed by atoms with Crippen molar-refractivity contribution < 1.29 is 0 Å². The van der Waals surface area contributed by atoms with Crippen LogP contribution in [0, 0.1) is 56.7 Å². The molecule has 0 aromatic rings. The highest BCUT2D eigenvalue weighted by molar-refractivity contribution is 5.51. The van der Waals surface area contributed by atoms with Gasteiger partial charge in [0.25, 0.3) is 0 Å². The Balaban J connectivity index is 3.52. The predicted octanol–water partition coefficient (Wildman–Crippen LogP) is 2.91. The molecule has 1 rings (SSSR count). The molecule has 1 aliphatic rings. The lowest BCUT2D eigenvalue weighted by molar-refractivity contribution is 0.518. The van der Waals surface area contributed by atoms with Crippen LogP contribution in [-0.4, -0.2) is 0 Å². The fourth-order valence-electron chi connectivity index (χ4n) is 2.32. The second kappa shape index (κ2) is 5.68. The van der Waals surface area contributed by atoms with Gasteiger partial charge in [-0.15, -0.1) is 0 Å². The average Bonchev–Trinajstić information content (AvgIpc) is 2.43.